The Morgan fingerprint density at radius 1 is 0.872 bits per heavy atom. The summed E-state index contributed by atoms with van der Waals surface area (Å²) in [5, 5.41) is 10.7. The molecule has 208 valence electrons. The average molecular weight is 533 g/mol. The fourth-order valence-electron chi connectivity index (χ4n) is 3.94. The molecule has 0 fully saturated rings. The van der Waals surface area contributed by atoms with Crippen LogP contribution in [-0.2, 0) is 15.9 Å². The molecule has 7 nitrogen and oxygen atoms in total. The van der Waals surface area contributed by atoms with Gasteiger partial charge < -0.3 is 19.5 Å². The van der Waals surface area contributed by atoms with E-state index in [2.05, 4.69) is 29.2 Å². The number of carbonyl (C=O) groups excluding carboxylic acids is 2. The first-order chi connectivity index (χ1) is 18.3. The maximum absolute atomic E-state index is 12.9. The number of ether oxygens (including phenoxy) is 2. The third kappa shape index (κ3) is 9.84. The lowest BCUT2D eigenvalue weighted by Crippen LogP contribution is -2.40. The molecule has 1 heterocycles. The van der Waals surface area contributed by atoms with Crippen molar-refractivity contribution < 1.29 is 24.2 Å². The minimum atomic E-state index is -0.854. The number of hydrogen-bond donors (Lipinski definition) is 1. The Bertz CT molecular complexity index is 1210. The minimum Gasteiger partial charge on any atom is -0.456 e. The lowest BCUT2D eigenvalue weighted by Gasteiger charge is -2.29. The van der Waals surface area contributed by atoms with E-state index in [4.69, 9.17) is 9.47 Å². The zero-order valence-corrected chi connectivity index (χ0v) is 23.8. The second-order valence-corrected chi connectivity index (χ2v) is 11.6. The molecule has 0 spiro atoms. The Hall–Kier alpha value is -3.71. The molecule has 2 aromatic carbocycles. The van der Waals surface area contributed by atoms with Gasteiger partial charge in [-0.05, 0) is 89.3 Å². The number of esters is 1. The van der Waals surface area contributed by atoms with E-state index >= 15 is 0 Å². The molecule has 0 radical (unpaired) electrons. The van der Waals surface area contributed by atoms with Crippen LogP contribution < -0.4 is 0 Å². The SMILES string of the molecule is CC(C)(C)OC(=O)c1ccc(-c2ccc(CCCN(C[C@H](O)c3cccnc3)C(=O)OC(C)(C)C)cc2)cc1. The van der Waals surface area contributed by atoms with Gasteiger partial charge in [0.2, 0.25) is 0 Å². The van der Waals surface area contributed by atoms with Crippen LogP contribution >= 0.6 is 0 Å². The van der Waals surface area contributed by atoms with E-state index in [1.54, 1.807) is 41.6 Å². The summed E-state index contributed by atoms with van der Waals surface area (Å²) in [5.74, 6) is -0.335. The Balaban J connectivity index is 1.60. The molecule has 0 saturated heterocycles. The number of aryl methyl sites for hydroxylation is 1. The van der Waals surface area contributed by atoms with E-state index in [0.29, 0.717) is 24.1 Å². The maximum Gasteiger partial charge on any atom is 0.410 e. The fourth-order valence-corrected chi connectivity index (χ4v) is 3.94. The van der Waals surface area contributed by atoms with Crippen molar-refractivity contribution in [2.24, 2.45) is 0 Å². The summed E-state index contributed by atoms with van der Waals surface area (Å²) in [6, 6.07) is 19.2. The summed E-state index contributed by atoms with van der Waals surface area (Å²) in [6.07, 6.45) is 3.42. The first-order valence-corrected chi connectivity index (χ1v) is 13.3. The number of carbonyl (C=O) groups is 2. The summed E-state index contributed by atoms with van der Waals surface area (Å²) in [5.41, 5.74) is 3.21. The van der Waals surface area contributed by atoms with Crippen molar-refractivity contribution in [3.8, 4) is 11.1 Å². The van der Waals surface area contributed by atoms with Gasteiger partial charge in [-0.1, -0.05) is 42.5 Å². The predicted molar refractivity (Wildman–Crippen MR) is 152 cm³/mol. The molecule has 1 amide bonds. The Kier molecular flexibility index (Phi) is 9.86. The highest BCUT2D eigenvalue weighted by molar-refractivity contribution is 5.90. The van der Waals surface area contributed by atoms with Crippen molar-refractivity contribution >= 4 is 12.1 Å². The van der Waals surface area contributed by atoms with Crippen molar-refractivity contribution in [1.29, 1.82) is 0 Å². The summed E-state index contributed by atoms with van der Waals surface area (Å²) in [6.45, 7) is 11.6. The van der Waals surface area contributed by atoms with Crippen LogP contribution in [0.2, 0.25) is 0 Å². The molecular formula is C32H40N2O5. The molecule has 1 N–H and O–H groups in total. The lowest BCUT2D eigenvalue weighted by atomic mass is 10.0. The Morgan fingerprint density at radius 3 is 2.00 bits per heavy atom. The average Bonchev–Trinajstić information content (AvgIpc) is 2.87. The highest BCUT2D eigenvalue weighted by Crippen LogP contribution is 2.23. The van der Waals surface area contributed by atoms with Crippen LogP contribution in [0.4, 0.5) is 4.79 Å². The standard InChI is InChI=1S/C32H40N2O5/c1-31(2,3)38-29(36)26-17-15-25(16-18-26)24-13-11-23(12-14-24)9-8-20-34(30(37)39-32(4,5)6)22-28(35)27-10-7-19-33-21-27/h7,10-19,21,28,35H,8-9,20,22H2,1-6H3/t28-/m0/s1. The van der Waals surface area contributed by atoms with Gasteiger partial charge in [0.15, 0.2) is 0 Å². The third-order valence-corrected chi connectivity index (χ3v) is 5.81. The van der Waals surface area contributed by atoms with Crippen molar-refractivity contribution in [2.45, 2.75) is 71.7 Å². The first-order valence-electron chi connectivity index (χ1n) is 13.3. The zero-order chi connectivity index (χ0) is 28.6. The fraction of sp³-hybridized carbons (Fsp3) is 0.406. The van der Waals surface area contributed by atoms with Gasteiger partial charge in [0.1, 0.15) is 11.2 Å². The maximum atomic E-state index is 12.9. The van der Waals surface area contributed by atoms with Gasteiger partial charge >= 0.3 is 12.1 Å². The smallest absolute Gasteiger partial charge is 0.410 e. The van der Waals surface area contributed by atoms with Crippen LogP contribution in [0.5, 0.6) is 0 Å². The van der Waals surface area contributed by atoms with Crippen LogP contribution in [0.15, 0.2) is 73.1 Å². The number of aliphatic hydroxyl groups is 1. The molecule has 0 saturated carbocycles. The second kappa shape index (κ2) is 12.9. The van der Waals surface area contributed by atoms with Crippen LogP contribution in [0.1, 0.15) is 75.6 Å². The molecule has 0 aliphatic heterocycles. The number of aromatic nitrogens is 1. The van der Waals surface area contributed by atoms with E-state index in [-0.39, 0.29) is 12.5 Å². The van der Waals surface area contributed by atoms with E-state index in [9.17, 15) is 14.7 Å². The molecule has 0 aliphatic rings. The van der Waals surface area contributed by atoms with Gasteiger partial charge in [-0.2, -0.15) is 0 Å². The van der Waals surface area contributed by atoms with E-state index < -0.39 is 23.4 Å². The largest absolute Gasteiger partial charge is 0.456 e. The minimum absolute atomic E-state index is 0.124. The zero-order valence-electron chi connectivity index (χ0n) is 23.8. The van der Waals surface area contributed by atoms with Gasteiger partial charge in [0.25, 0.3) is 0 Å². The second-order valence-electron chi connectivity index (χ2n) is 11.6. The van der Waals surface area contributed by atoms with Gasteiger partial charge in [0.05, 0.1) is 18.2 Å². The first kappa shape index (κ1) is 29.8. The number of benzene rings is 2. The topological polar surface area (TPSA) is 89.0 Å². The number of aliphatic hydroxyl groups excluding tert-OH is 1. The quantitative estimate of drug-likeness (QED) is 0.312. The van der Waals surface area contributed by atoms with Gasteiger partial charge in [-0.25, -0.2) is 9.59 Å². The molecule has 39 heavy (non-hydrogen) atoms. The van der Waals surface area contributed by atoms with Gasteiger partial charge in [-0.3, -0.25) is 4.98 Å². The Labute approximate surface area is 231 Å². The molecule has 7 heteroatoms. The number of pyridine rings is 1. The predicted octanol–water partition coefficient (Wildman–Crippen LogP) is 6.61. The molecule has 0 bridgehead atoms. The number of nitrogens with zero attached hydrogens (tertiary/aromatic N) is 2. The number of hydrogen-bond acceptors (Lipinski definition) is 6. The van der Waals surface area contributed by atoms with Crippen LogP contribution in [0, 0.1) is 0 Å². The monoisotopic (exact) mass is 532 g/mol. The molecular weight excluding hydrogens is 492 g/mol. The highest BCUT2D eigenvalue weighted by Gasteiger charge is 2.24. The van der Waals surface area contributed by atoms with E-state index in [1.165, 1.54) is 0 Å². The normalized spacial score (nSPS) is 12.5. The summed E-state index contributed by atoms with van der Waals surface area (Å²) >= 11 is 0. The van der Waals surface area contributed by atoms with Crippen LogP contribution in [-0.4, -0.2) is 51.3 Å². The van der Waals surface area contributed by atoms with E-state index in [1.807, 2.05) is 53.7 Å². The summed E-state index contributed by atoms with van der Waals surface area (Å²) < 4.78 is 11.0. The van der Waals surface area contributed by atoms with Crippen molar-refractivity contribution in [1.82, 2.24) is 9.88 Å². The number of amides is 1. The van der Waals surface area contributed by atoms with Gasteiger partial charge in [0, 0.05) is 24.5 Å². The van der Waals surface area contributed by atoms with Gasteiger partial charge in [-0.15, -0.1) is 0 Å². The Morgan fingerprint density at radius 2 is 1.46 bits per heavy atom. The molecule has 1 aromatic heterocycles. The van der Waals surface area contributed by atoms with Crippen LogP contribution in [0.25, 0.3) is 11.1 Å². The van der Waals surface area contributed by atoms with Crippen molar-refractivity contribution in [2.75, 3.05) is 13.1 Å². The molecule has 1 atom stereocenters. The van der Waals surface area contributed by atoms with E-state index in [0.717, 1.165) is 23.1 Å². The highest BCUT2D eigenvalue weighted by atomic mass is 16.6. The third-order valence-electron chi connectivity index (χ3n) is 5.81. The molecule has 0 unspecified atom stereocenters. The lowest BCUT2D eigenvalue weighted by molar-refractivity contribution is 0.00683. The molecule has 3 aromatic rings. The molecule has 3 rings (SSSR count). The van der Waals surface area contributed by atoms with Crippen LogP contribution in [0.3, 0.4) is 0 Å². The number of rotatable bonds is 9. The summed E-state index contributed by atoms with van der Waals surface area (Å²) in [4.78, 5) is 30.7. The molecule has 0 aliphatic carbocycles. The van der Waals surface area contributed by atoms with Crippen molar-refractivity contribution in [3.63, 3.8) is 0 Å². The summed E-state index contributed by atoms with van der Waals surface area (Å²) in [7, 11) is 0. The van der Waals surface area contributed by atoms with Crippen molar-refractivity contribution in [3.05, 3.63) is 89.7 Å².